The summed E-state index contributed by atoms with van der Waals surface area (Å²) >= 11 is 0. The van der Waals surface area contributed by atoms with Crippen molar-refractivity contribution >= 4 is 18.3 Å². The Morgan fingerprint density at radius 3 is 2.54 bits per heavy atom. The summed E-state index contributed by atoms with van der Waals surface area (Å²) in [6.45, 7) is 4.14. The lowest BCUT2D eigenvalue weighted by Gasteiger charge is -2.14. The zero-order valence-corrected chi connectivity index (χ0v) is 14.0. The lowest BCUT2D eigenvalue weighted by molar-refractivity contribution is -0.123. The maximum absolute atomic E-state index is 11.7. The van der Waals surface area contributed by atoms with Crippen molar-refractivity contribution in [2.45, 2.75) is 26.3 Å². The fourth-order valence-corrected chi connectivity index (χ4v) is 1.70. The summed E-state index contributed by atoms with van der Waals surface area (Å²) in [4.78, 5) is 34.1. The smallest absolute Gasteiger partial charge is 0.407 e. The van der Waals surface area contributed by atoms with Gasteiger partial charge in [0.25, 0.3) is 0 Å². The summed E-state index contributed by atoms with van der Waals surface area (Å²) in [5.74, 6) is 0.449. The van der Waals surface area contributed by atoms with Crippen molar-refractivity contribution in [1.82, 2.24) is 10.6 Å². The van der Waals surface area contributed by atoms with Crippen LogP contribution in [-0.4, -0.2) is 44.1 Å². The molecule has 0 saturated heterocycles. The van der Waals surface area contributed by atoms with Crippen LogP contribution < -0.4 is 15.4 Å². The third kappa shape index (κ3) is 8.77. The van der Waals surface area contributed by atoms with Gasteiger partial charge in [0.2, 0.25) is 5.91 Å². The lowest BCUT2D eigenvalue weighted by atomic mass is 10.2. The molecule has 2 N–H and O–H groups in total. The molecule has 7 nitrogen and oxygen atoms in total. The van der Waals surface area contributed by atoms with Crippen LogP contribution in [0.4, 0.5) is 4.79 Å². The number of para-hydroxylation sites is 1. The number of amides is 2. The predicted molar refractivity (Wildman–Crippen MR) is 88.7 cm³/mol. The quantitative estimate of drug-likeness (QED) is 0.632. The van der Waals surface area contributed by atoms with Crippen LogP contribution in [0.5, 0.6) is 5.75 Å². The van der Waals surface area contributed by atoms with Crippen LogP contribution in [0.2, 0.25) is 0 Å². The molecule has 0 spiro atoms. The average Bonchev–Trinajstić information content (AvgIpc) is 2.58. The van der Waals surface area contributed by atoms with E-state index < -0.39 is 18.0 Å². The number of aldehydes is 1. The highest BCUT2D eigenvalue weighted by molar-refractivity contribution is 5.84. The summed E-state index contributed by atoms with van der Waals surface area (Å²) in [6, 6.07) is 8.51. The third-order valence-electron chi connectivity index (χ3n) is 2.89. The Hall–Kier alpha value is -2.57. The number of alkyl carbamates (subject to hydrolysis) is 1. The molecule has 0 aliphatic carbocycles. The molecule has 1 aromatic rings. The minimum absolute atomic E-state index is 0.216. The van der Waals surface area contributed by atoms with Crippen molar-refractivity contribution in [3.8, 4) is 5.75 Å². The SMILES string of the molecule is CC(C)COC(=O)NCC(=O)N[C@H](C=O)CCOc1ccccc1. The largest absolute Gasteiger partial charge is 0.494 e. The molecule has 0 bridgehead atoms. The van der Waals surface area contributed by atoms with Gasteiger partial charge in [-0.2, -0.15) is 0 Å². The minimum atomic E-state index is -0.672. The van der Waals surface area contributed by atoms with Crippen LogP contribution in [0.15, 0.2) is 30.3 Å². The molecule has 0 radical (unpaired) electrons. The van der Waals surface area contributed by atoms with E-state index in [1.54, 1.807) is 12.1 Å². The van der Waals surface area contributed by atoms with Crippen LogP contribution in [0.1, 0.15) is 20.3 Å². The molecule has 0 fully saturated rings. The van der Waals surface area contributed by atoms with E-state index in [1.165, 1.54) is 0 Å². The summed E-state index contributed by atoms with van der Waals surface area (Å²) in [5.41, 5.74) is 0. The maximum Gasteiger partial charge on any atom is 0.407 e. The molecule has 0 aliphatic heterocycles. The molecule has 132 valence electrons. The van der Waals surface area contributed by atoms with E-state index in [9.17, 15) is 14.4 Å². The normalized spacial score (nSPS) is 11.5. The zero-order chi connectivity index (χ0) is 17.8. The van der Waals surface area contributed by atoms with Crippen molar-refractivity contribution in [2.75, 3.05) is 19.8 Å². The Balaban J connectivity index is 2.22. The van der Waals surface area contributed by atoms with Crippen molar-refractivity contribution < 1.29 is 23.9 Å². The van der Waals surface area contributed by atoms with E-state index in [4.69, 9.17) is 9.47 Å². The van der Waals surface area contributed by atoms with Crippen molar-refractivity contribution in [3.63, 3.8) is 0 Å². The number of carbonyl (C=O) groups excluding carboxylic acids is 3. The molecule has 1 atom stereocenters. The summed E-state index contributed by atoms with van der Waals surface area (Å²) in [5, 5.41) is 4.84. The highest BCUT2D eigenvalue weighted by atomic mass is 16.5. The standard InChI is InChI=1S/C17H24N2O5/c1-13(2)12-24-17(22)18-10-16(21)19-14(11-20)8-9-23-15-6-4-3-5-7-15/h3-7,11,13-14H,8-10,12H2,1-2H3,(H,18,22)(H,19,21)/t14-/m0/s1. The van der Waals surface area contributed by atoms with Gasteiger partial charge in [-0.3, -0.25) is 4.79 Å². The first-order valence-electron chi connectivity index (χ1n) is 7.84. The monoisotopic (exact) mass is 336 g/mol. The van der Waals surface area contributed by atoms with Crippen molar-refractivity contribution in [3.05, 3.63) is 30.3 Å². The topological polar surface area (TPSA) is 93.7 Å². The van der Waals surface area contributed by atoms with Gasteiger partial charge in [-0.05, 0) is 18.1 Å². The Labute approximate surface area is 141 Å². The van der Waals surface area contributed by atoms with Gasteiger partial charge in [0, 0.05) is 6.42 Å². The van der Waals surface area contributed by atoms with Gasteiger partial charge in [0.15, 0.2) is 0 Å². The van der Waals surface area contributed by atoms with Crippen molar-refractivity contribution in [1.29, 1.82) is 0 Å². The highest BCUT2D eigenvalue weighted by Gasteiger charge is 2.13. The van der Waals surface area contributed by atoms with Gasteiger partial charge in [-0.15, -0.1) is 0 Å². The molecule has 7 heteroatoms. The predicted octanol–water partition coefficient (Wildman–Crippen LogP) is 1.52. The average molecular weight is 336 g/mol. The second-order valence-electron chi connectivity index (χ2n) is 5.61. The number of hydrogen-bond acceptors (Lipinski definition) is 5. The van der Waals surface area contributed by atoms with Crippen LogP contribution in [0.3, 0.4) is 0 Å². The lowest BCUT2D eigenvalue weighted by Crippen LogP contribution is -2.43. The van der Waals surface area contributed by atoms with Crippen LogP contribution in [-0.2, 0) is 14.3 Å². The van der Waals surface area contributed by atoms with E-state index in [0.717, 1.165) is 0 Å². The van der Waals surface area contributed by atoms with Gasteiger partial charge >= 0.3 is 6.09 Å². The number of ether oxygens (including phenoxy) is 2. The summed E-state index contributed by atoms with van der Waals surface area (Å²) < 4.78 is 10.4. The molecule has 0 heterocycles. The first-order chi connectivity index (χ1) is 11.5. The molecular formula is C17H24N2O5. The Morgan fingerprint density at radius 1 is 1.21 bits per heavy atom. The Morgan fingerprint density at radius 2 is 1.92 bits per heavy atom. The molecule has 1 aromatic carbocycles. The molecule has 24 heavy (non-hydrogen) atoms. The molecular weight excluding hydrogens is 312 g/mol. The number of benzene rings is 1. The second kappa shape index (κ2) is 11.0. The molecule has 0 aliphatic rings. The highest BCUT2D eigenvalue weighted by Crippen LogP contribution is 2.08. The molecule has 0 unspecified atom stereocenters. The van der Waals surface area contributed by atoms with E-state index in [1.807, 2.05) is 32.0 Å². The van der Waals surface area contributed by atoms with Gasteiger partial charge in [0.1, 0.15) is 18.6 Å². The number of hydrogen-bond donors (Lipinski definition) is 2. The molecule has 2 amide bonds. The third-order valence-corrected chi connectivity index (χ3v) is 2.89. The maximum atomic E-state index is 11.7. The Bertz CT molecular complexity index is 519. The number of carbonyl (C=O) groups is 3. The van der Waals surface area contributed by atoms with Gasteiger partial charge in [-0.25, -0.2) is 4.79 Å². The zero-order valence-electron chi connectivity index (χ0n) is 14.0. The summed E-state index contributed by atoms with van der Waals surface area (Å²) in [7, 11) is 0. The van der Waals surface area contributed by atoms with Gasteiger partial charge < -0.3 is 24.9 Å². The minimum Gasteiger partial charge on any atom is -0.494 e. The van der Waals surface area contributed by atoms with E-state index in [2.05, 4.69) is 10.6 Å². The van der Waals surface area contributed by atoms with Gasteiger partial charge in [-0.1, -0.05) is 32.0 Å². The molecule has 0 aromatic heterocycles. The van der Waals surface area contributed by atoms with Crippen LogP contribution in [0, 0.1) is 5.92 Å². The summed E-state index contributed by atoms with van der Waals surface area (Å²) in [6.07, 6.45) is 0.319. The second-order valence-corrected chi connectivity index (χ2v) is 5.61. The first kappa shape index (κ1) is 19.5. The fourth-order valence-electron chi connectivity index (χ4n) is 1.70. The number of rotatable bonds is 10. The van der Waals surface area contributed by atoms with Crippen LogP contribution >= 0.6 is 0 Å². The number of nitrogens with one attached hydrogen (secondary N) is 2. The van der Waals surface area contributed by atoms with E-state index >= 15 is 0 Å². The van der Waals surface area contributed by atoms with Gasteiger partial charge in [0.05, 0.1) is 19.3 Å². The molecule has 0 saturated carbocycles. The van der Waals surface area contributed by atoms with Crippen molar-refractivity contribution in [2.24, 2.45) is 5.92 Å². The van der Waals surface area contributed by atoms with E-state index in [0.29, 0.717) is 18.5 Å². The Kier molecular flexibility index (Phi) is 8.96. The fraction of sp³-hybridized carbons (Fsp3) is 0.471. The van der Waals surface area contributed by atoms with E-state index in [-0.39, 0.29) is 25.7 Å². The first-order valence-corrected chi connectivity index (χ1v) is 7.84. The molecule has 1 rings (SSSR count). The van der Waals surface area contributed by atoms with Crippen LogP contribution in [0.25, 0.3) is 0 Å².